The van der Waals surface area contributed by atoms with Crippen molar-refractivity contribution < 1.29 is 43.5 Å². The zero-order valence-electron chi connectivity index (χ0n) is 22.3. The summed E-state index contributed by atoms with van der Waals surface area (Å²) in [6.45, 7) is 8.29. The third kappa shape index (κ3) is 2.70. The van der Waals surface area contributed by atoms with E-state index >= 15 is 0 Å². The van der Waals surface area contributed by atoms with Crippen LogP contribution in [-0.2, 0) is 28.5 Å². The molecule has 9 heteroatoms. The average molecular weight is 527 g/mol. The summed E-state index contributed by atoms with van der Waals surface area (Å²) in [6.07, 6.45) is -1.96. The van der Waals surface area contributed by atoms with Crippen molar-refractivity contribution in [3.8, 4) is 0 Å². The molecule has 1 aromatic rings. The van der Waals surface area contributed by atoms with Gasteiger partial charge in [-0.1, -0.05) is 30.7 Å². The molecule has 204 valence electrons. The molecule has 2 bridgehead atoms. The zero-order valence-corrected chi connectivity index (χ0v) is 22.3. The van der Waals surface area contributed by atoms with Gasteiger partial charge in [0.25, 0.3) is 0 Å². The number of hydrogen-bond acceptors (Lipinski definition) is 9. The van der Waals surface area contributed by atoms with Crippen LogP contribution < -0.4 is 0 Å². The number of aliphatic hydroxyl groups excluding tert-OH is 1. The molecule has 5 aliphatic rings. The van der Waals surface area contributed by atoms with Gasteiger partial charge in [0.1, 0.15) is 17.8 Å². The maximum absolute atomic E-state index is 13.9. The Labute approximate surface area is 221 Å². The lowest BCUT2D eigenvalue weighted by molar-refractivity contribution is -0.380. The third-order valence-corrected chi connectivity index (χ3v) is 10.3. The van der Waals surface area contributed by atoms with Crippen molar-refractivity contribution in [2.24, 2.45) is 16.7 Å². The summed E-state index contributed by atoms with van der Waals surface area (Å²) in [5.74, 6) is -2.99. The highest BCUT2D eigenvalue weighted by Crippen LogP contribution is 2.75. The van der Waals surface area contributed by atoms with E-state index in [0.29, 0.717) is 24.0 Å². The summed E-state index contributed by atoms with van der Waals surface area (Å²) in [7, 11) is 0. The van der Waals surface area contributed by atoms with Crippen LogP contribution in [0.4, 0.5) is 0 Å². The van der Waals surface area contributed by atoms with E-state index in [1.54, 1.807) is 51.1 Å². The van der Waals surface area contributed by atoms with E-state index in [9.17, 15) is 24.6 Å². The van der Waals surface area contributed by atoms with Gasteiger partial charge < -0.3 is 29.2 Å². The lowest BCUT2D eigenvalue weighted by atomic mass is 9.37. The van der Waals surface area contributed by atoms with Crippen LogP contribution in [0.3, 0.4) is 0 Å². The molecule has 0 radical (unpaired) electrons. The molecule has 6 rings (SSSR count). The summed E-state index contributed by atoms with van der Waals surface area (Å²) in [5.41, 5.74) is -5.90. The molecule has 2 saturated heterocycles. The second-order valence-corrected chi connectivity index (χ2v) is 12.3. The van der Waals surface area contributed by atoms with Crippen molar-refractivity contribution in [3.63, 3.8) is 0 Å². The second kappa shape index (κ2) is 7.67. The molecular weight excluding hydrogens is 492 g/mol. The Hall–Kier alpha value is -2.75. The monoisotopic (exact) mass is 526 g/mol. The van der Waals surface area contributed by atoms with Crippen molar-refractivity contribution in [2.75, 3.05) is 6.61 Å². The number of rotatable bonds is 3. The quantitative estimate of drug-likeness (QED) is 0.347. The molecule has 0 aromatic heterocycles. The molecule has 2 N–H and O–H groups in total. The Morgan fingerprint density at radius 2 is 1.82 bits per heavy atom. The van der Waals surface area contributed by atoms with Crippen LogP contribution in [0, 0.1) is 16.7 Å². The van der Waals surface area contributed by atoms with E-state index in [0.717, 1.165) is 5.57 Å². The zero-order chi connectivity index (χ0) is 27.5. The summed E-state index contributed by atoms with van der Waals surface area (Å²) in [4.78, 5) is 40.0. The van der Waals surface area contributed by atoms with Gasteiger partial charge in [-0.2, -0.15) is 0 Å². The fraction of sp³-hybridized carbons (Fsp3) is 0.621. The first kappa shape index (κ1) is 25.5. The first-order chi connectivity index (χ1) is 17.8. The maximum Gasteiger partial charge on any atom is 0.343 e. The Morgan fingerprint density at radius 3 is 2.42 bits per heavy atom. The van der Waals surface area contributed by atoms with Gasteiger partial charge in [0.15, 0.2) is 11.2 Å². The van der Waals surface area contributed by atoms with Crippen molar-refractivity contribution in [2.45, 2.75) is 89.0 Å². The molecule has 3 aliphatic carbocycles. The lowest BCUT2D eigenvalue weighted by Crippen LogP contribution is -2.87. The highest BCUT2D eigenvalue weighted by Gasteiger charge is 2.87. The molecule has 2 saturated carbocycles. The van der Waals surface area contributed by atoms with Gasteiger partial charge in [0, 0.05) is 18.8 Å². The van der Waals surface area contributed by atoms with E-state index < -0.39 is 69.8 Å². The summed E-state index contributed by atoms with van der Waals surface area (Å²) in [5, 5.41) is 24.3. The molecule has 2 heterocycles. The van der Waals surface area contributed by atoms with E-state index in [4.69, 9.17) is 18.9 Å². The van der Waals surface area contributed by atoms with Crippen LogP contribution in [0.2, 0.25) is 0 Å². The number of allylic oxidation sites excluding steroid dienone is 1. The number of hydrogen-bond donors (Lipinski definition) is 2. The van der Waals surface area contributed by atoms with E-state index in [1.165, 1.54) is 6.92 Å². The first-order valence-electron chi connectivity index (χ1n) is 13.2. The van der Waals surface area contributed by atoms with Gasteiger partial charge in [0.2, 0.25) is 0 Å². The SMILES string of the molecule is CC(=O)O[C@@]12CO[C@@H]1C[C@H](O)[C@]1(C)[C@@H]2[C@H](OC(=O)c2ccccc2)[C@]23CCC(C)=C2[C@@]1(O)C(=O)OC3(C)C. The highest BCUT2D eigenvalue weighted by atomic mass is 16.6. The fourth-order valence-electron chi connectivity index (χ4n) is 8.62. The highest BCUT2D eigenvalue weighted by molar-refractivity contribution is 5.91. The minimum Gasteiger partial charge on any atom is -0.457 e. The normalized spacial score (nSPS) is 44.1. The minimum atomic E-state index is -2.23. The van der Waals surface area contributed by atoms with Crippen LogP contribution in [0.5, 0.6) is 0 Å². The molecule has 4 fully saturated rings. The van der Waals surface area contributed by atoms with Crippen LogP contribution in [0.15, 0.2) is 41.5 Å². The van der Waals surface area contributed by atoms with Crippen molar-refractivity contribution in [1.29, 1.82) is 0 Å². The Kier molecular flexibility index (Phi) is 5.15. The van der Waals surface area contributed by atoms with Gasteiger partial charge in [-0.3, -0.25) is 4.79 Å². The molecule has 0 unspecified atom stereocenters. The molecule has 0 amide bonds. The van der Waals surface area contributed by atoms with Crippen molar-refractivity contribution >= 4 is 17.9 Å². The summed E-state index contributed by atoms with van der Waals surface area (Å²) >= 11 is 0. The number of ether oxygens (including phenoxy) is 4. The number of aliphatic hydroxyl groups is 2. The van der Waals surface area contributed by atoms with Crippen LogP contribution in [0.25, 0.3) is 0 Å². The molecule has 9 nitrogen and oxygen atoms in total. The van der Waals surface area contributed by atoms with Gasteiger partial charge in [-0.25, -0.2) is 9.59 Å². The van der Waals surface area contributed by atoms with Gasteiger partial charge in [-0.05, 0) is 51.3 Å². The molecule has 2 aliphatic heterocycles. The molecule has 1 aromatic carbocycles. The smallest absolute Gasteiger partial charge is 0.343 e. The standard InChI is InChI=1S/C29H34O9/c1-15-11-12-27-20(15)29(34,24(33)38-25(27,3)4)26(5)18(31)13-19-28(14-35-19,37-16(2)30)21(26)22(27)36-23(32)17-9-7-6-8-10-17/h6-10,18-19,21-22,31,34H,11-14H2,1-5H3/t18-,19+,21-,22-,26+,27-,28-,29+/m0/s1. The molecular formula is C29H34O9. The van der Waals surface area contributed by atoms with Gasteiger partial charge >= 0.3 is 17.9 Å². The van der Waals surface area contributed by atoms with Gasteiger partial charge in [-0.15, -0.1) is 0 Å². The Balaban J connectivity index is 1.65. The van der Waals surface area contributed by atoms with E-state index in [-0.39, 0.29) is 13.0 Å². The topological polar surface area (TPSA) is 129 Å². The number of benzene rings is 1. The molecule has 38 heavy (non-hydrogen) atoms. The Morgan fingerprint density at radius 1 is 1.13 bits per heavy atom. The summed E-state index contributed by atoms with van der Waals surface area (Å²) < 4.78 is 24.3. The van der Waals surface area contributed by atoms with Crippen LogP contribution in [0.1, 0.15) is 64.2 Å². The maximum atomic E-state index is 13.9. The number of cyclic esters (lactones) is 1. The number of fused-ring (bicyclic) bond motifs is 4. The number of carbonyl (C=O) groups excluding carboxylic acids is 3. The van der Waals surface area contributed by atoms with E-state index in [2.05, 4.69) is 0 Å². The molecule has 0 spiro atoms. The predicted octanol–water partition coefficient (Wildman–Crippen LogP) is 2.48. The largest absolute Gasteiger partial charge is 0.457 e. The minimum absolute atomic E-state index is 0.0106. The average Bonchev–Trinajstić information content (AvgIpc) is 3.22. The van der Waals surface area contributed by atoms with E-state index in [1.807, 2.05) is 6.92 Å². The number of esters is 3. The van der Waals surface area contributed by atoms with Crippen LogP contribution >= 0.6 is 0 Å². The Bertz CT molecular complexity index is 1270. The van der Waals surface area contributed by atoms with Crippen molar-refractivity contribution in [3.05, 3.63) is 47.0 Å². The third-order valence-electron chi connectivity index (χ3n) is 10.3. The lowest BCUT2D eigenvalue weighted by Gasteiger charge is -2.74. The predicted molar refractivity (Wildman–Crippen MR) is 132 cm³/mol. The summed E-state index contributed by atoms with van der Waals surface area (Å²) in [6, 6.07) is 8.55. The van der Waals surface area contributed by atoms with Gasteiger partial charge in [0.05, 0.1) is 29.6 Å². The molecule has 8 atom stereocenters. The second-order valence-electron chi connectivity index (χ2n) is 12.3. The van der Waals surface area contributed by atoms with Crippen molar-refractivity contribution in [1.82, 2.24) is 0 Å². The number of carbonyl (C=O) groups is 3. The van der Waals surface area contributed by atoms with Crippen LogP contribution in [-0.4, -0.2) is 69.8 Å². The fourth-order valence-corrected chi connectivity index (χ4v) is 8.62. The first-order valence-corrected chi connectivity index (χ1v) is 13.2.